The summed E-state index contributed by atoms with van der Waals surface area (Å²) < 4.78 is 6.79. The van der Waals surface area contributed by atoms with Gasteiger partial charge in [0.05, 0.1) is 40.1 Å². The summed E-state index contributed by atoms with van der Waals surface area (Å²) in [5.74, 6) is 0.811. The van der Waals surface area contributed by atoms with Gasteiger partial charge in [-0.1, -0.05) is 36.9 Å². The molecule has 1 aliphatic heterocycles. The number of carbonyl (C=O) groups excluding carboxylic acids is 1. The molecule has 4 aromatic rings. The van der Waals surface area contributed by atoms with Crippen LogP contribution in [0.25, 0.3) is 21.5 Å². The molecule has 36 heavy (non-hydrogen) atoms. The SMILES string of the molecule is C=CC(=O)Nc1cc(Nc2nc(-c3ccccc3)c3sccc3n2)c(OC)cc1N1CCN(C)CC1. The molecule has 5 rings (SSSR count). The van der Waals surface area contributed by atoms with Crippen LogP contribution in [0.3, 0.4) is 0 Å². The van der Waals surface area contributed by atoms with Gasteiger partial charge in [-0.15, -0.1) is 11.3 Å². The largest absolute Gasteiger partial charge is 0.494 e. The first-order valence-corrected chi connectivity index (χ1v) is 12.6. The van der Waals surface area contributed by atoms with Crippen LogP contribution in [0.1, 0.15) is 0 Å². The molecule has 0 unspecified atom stereocenters. The van der Waals surface area contributed by atoms with E-state index in [1.165, 1.54) is 6.08 Å². The van der Waals surface area contributed by atoms with Crippen LogP contribution in [0.2, 0.25) is 0 Å². The first-order chi connectivity index (χ1) is 17.6. The lowest BCUT2D eigenvalue weighted by atomic mass is 10.1. The van der Waals surface area contributed by atoms with Gasteiger partial charge in [-0.2, -0.15) is 0 Å². The summed E-state index contributed by atoms with van der Waals surface area (Å²) in [6.45, 7) is 7.18. The number of carbonyl (C=O) groups is 1. The lowest BCUT2D eigenvalue weighted by Gasteiger charge is -2.35. The van der Waals surface area contributed by atoms with E-state index in [9.17, 15) is 4.79 Å². The smallest absolute Gasteiger partial charge is 0.247 e. The number of aromatic nitrogens is 2. The van der Waals surface area contributed by atoms with E-state index in [2.05, 4.69) is 34.1 Å². The molecular weight excluding hydrogens is 472 g/mol. The average Bonchev–Trinajstić information content (AvgIpc) is 3.38. The quantitative estimate of drug-likeness (QED) is 0.346. The minimum Gasteiger partial charge on any atom is -0.494 e. The summed E-state index contributed by atoms with van der Waals surface area (Å²) in [7, 11) is 3.74. The Labute approximate surface area is 214 Å². The number of ether oxygens (including phenoxy) is 1. The number of nitrogens with zero attached hydrogens (tertiary/aromatic N) is 4. The van der Waals surface area contributed by atoms with Gasteiger partial charge in [0.25, 0.3) is 0 Å². The number of likely N-dealkylation sites (N-methyl/N-ethyl adjacent to an activating group) is 1. The fourth-order valence-corrected chi connectivity index (χ4v) is 5.10. The molecule has 0 spiro atoms. The third-order valence-electron chi connectivity index (χ3n) is 6.20. The number of methoxy groups -OCH3 is 1. The minimum atomic E-state index is -0.274. The summed E-state index contributed by atoms with van der Waals surface area (Å²) in [5.41, 5.74) is 4.98. The van der Waals surface area contributed by atoms with E-state index in [0.717, 1.165) is 53.3 Å². The molecule has 1 saturated heterocycles. The van der Waals surface area contributed by atoms with Gasteiger partial charge in [-0.3, -0.25) is 4.79 Å². The lowest BCUT2D eigenvalue weighted by molar-refractivity contribution is -0.111. The zero-order valence-corrected chi connectivity index (χ0v) is 21.1. The molecule has 2 N–H and O–H groups in total. The topological polar surface area (TPSA) is 82.6 Å². The summed E-state index contributed by atoms with van der Waals surface area (Å²) >= 11 is 1.62. The number of rotatable bonds is 7. The summed E-state index contributed by atoms with van der Waals surface area (Å²) in [6, 6.07) is 15.9. The van der Waals surface area contributed by atoms with Gasteiger partial charge in [0, 0.05) is 37.8 Å². The number of benzene rings is 2. The molecule has 1 amide bonds. The Hall–Kier alpha value is -3.95. The number of amides is 1. The normalized spacial score (nSPS) is 14.0. The number of hydrogen-bond donors (Lipinski definition) is 2. The van der Waals surface area contributed by atoms with Crippen molar-refractivity contribution in [2.24, 2.45) is 0 Å². The van der Waals surface area contributed by atoms with Crippen LogP contribution in [-0.4, -0.2) is 61.1 Å². The van der Waals surface area contributed by atoms with Crippen LogP contribution in [-0.2, 0) is 4.79 Å². The molecule has 0 aliphatic carbocycles. The number of anilines is 4. The number of fused-ring (bicyclic) bond motifs is 1. The van der Waals surface area contributed by atoms with Crippen LogP contribution < -0.4 is 20.3 Å². The monoisotopic (exact) mass is 500 g/mol. The molecule has 3 heterocycles. The fourth-order valence-electron chi connectivity index (χ4n) is 4.26. The Morgan fingerprint density at radius 2 is 1.86 bits per heavy atom. The van der Waals surface area contributed by atoms with Crippen LogP contribution in [0, 0.1) is 0 Å². The van der Waals surface area contributed by atoms with Gasteiger partial charge in [0.2, 0.25) is 11.9 Å². The van der Waals surface area contributed by atoms with Crippen LogP contribution in [0.4, 0.5) is 23.0 Å². The Morgan fingerprint density at radius 3 is 2.58 bits per heavy atom. The van der Waals surface area contributed by atoms with E-state index >= 15 is 0 Å². The molecule has 184 valence electrons. The summed E-state index contributed by atoms with van der Waals surface area (Å²) in [6.07, 6.45) is 1.27. The van der Waals surface area contributed by atoms with Crippen LogP contribution >= 0.6 is 11.3 Å². The fraction of sp³-hybridized carbons (Fsp3) is 0.222. The summed E-state index contributed by atoms with van der Waals surface area (Å²) in [5, 5.41) is 8.32. The molecular formula is C27H28N6O2S. The summed E-state index contributed by atoms with van der Waals surface area (Å²) in [4.78, 5) is 26.4. The second-order valence-corrected chi connectivity index (χ2v) is 9.49. The van der Waals surface area contributed by atoms with Crippen molar-refractivity contribution in [1.82, 2.24) is 14.9 Å². The van der Waals surface area contributed by atoms with Gasteiger partial charge < -0.3 is 25.2 Å². The van der Waals surface area contributed by atoms with E-state index in [4.69, 9.17) is 14.7 Å². The van der Waals surface area contributed by atoms with E-state index in [1.54, 1.807) is 18.4 Å². The van der Waals surface area contributed by atoms with E-state index < -0.39 is 0 Å². The Bertz CT molecular complexity index is 1400. The Balaban J connectivity index is 1.56. The Morgan fingerprint density at radius 1 is 1.08 bits per heavy atom. The second kappa shape index (κ2) is 10.3. The zero-order chi connectivity index (χ0) is 25.1. The van der Waals surface area contributed by atoms with Crippen molar-refractivity contribution >= 4 is 50.5 Å². The predicted octanol–water partition coefficient (Wildman–Crippen LogP) is 4.99. The minimum absolute atomic E-state index is 0.274. The highest BCUT2D eigenvalue weighted by Crippen LogP contribution is 2.39. The first-order valence-electron chi connectivity index (χ1n) is 11.7. The van der Waals surface area contributed by atoms with Crippen LogP contribution in [0.5, 0.6) is 5.75 Å². The van der Waals surface area contributed by atoms with E-state index in [0.29, 0.717) is 23.1 Å². The maximum atomic E-state index is 12.3. The first kappa shape index (κ1) is 23.8. The highest BCUT2D eigenvalue weighted by molar-refractivity contribution is 7.17. The molecule has 0 atom stereocenters. The van der Waals surface area contributed by atoms with Gasteiger partial charge >= 0.3 is 0 Å². The molecule has 1 fully saturated rings. The third-order valence-corrected chi connectivity index (χ3v) is 7.11. The van der Waals surface area contributed by atoms with Crippen molar-refractivity contribution < 1.29 is 9.53 Å². The van der Waals surface area contributed by atoms with Crippen molar-refractivity contribution in [3.63, 3.8) is 0 Å². The van der Waals surface area contributed by atoms with E-state index in [-0.39, 0.29) is 5.91 Å². The number of thiophene rings is 1. The lowest BCUT2D eigenvalue weighted by Crippen LogP contribution is -2.44. The van der Waals surface area contributed by atoms with Crippen molar-refractivity contribution in [2.45, 2.75) is 0 Å². The van der Waals surface area contributed by atoms with Crippen molar-refractivity contribution in [2.75, 3.05) is 55.9 Å². The number of nitrogens with one attached hydrogen (secondary N) is 2. The van der Waals surface area contributed by atoms with Crippen molar-refractivity contribution in [3.05, 3.63) is 66.6 Å². The van der Waals surface area contributed by atoms with Crippen LogP contribution in [0.15, 0.2) is 66.6 Å². The highest BCUT2D eigenvalue weighted by atomic mass is 32.1. The standard InChI is InChI=1S/C27H28N6O2S/c1-4-24(34)28-20-16-21(23(35-3)17-22(20)33-13-11-32(2)12-14-33)30-27-29-19-10-15-36-26(19)25(31-27)18-8-6-5-7-9-18/h4-10,15-17H,1,11-14H2,2-3H3,(H,28,34)(H,29,30,31). The van der Waals surface area contributed by atoms with Crippen molar-refractivity contribution in [3.8, 4) is 17.0 Å². The average molecular weight is 501 g/mol. The molecule has 0 radical (unpaired) electrons. The van der Waals surface area contributed by atoms with E-state index in [1.807, 2.05) is 53.9 Å². The molecule has 2 aromatic heterocycles. The van der Waals surface area contributed by atoms with Gasteiger partial charge in [0.15, 0.2) is 0 Å². The second-order valence-electron chi connectivity index (χ2n) is 8.58. The Kier molecular flexibility index (Phi) is 6.84. The molecule has 9 heteroatoms. The molecule has 2 aromatic carbocycles. The molecule has 8 nitrogen and oxygen atoms in total. The van der Waals surface area contributed by atoms with Gasteiger partial charge in [-0.05, 0) is 30.6 Å². The highest BCUT2D eigenvalue weighted by Gasteiger charge is 2.21. The molecule has 1 aliphatic rings. The van der Waals surface area contributed by atoms with Gasteiger partial charge in [0.1, 0.15) is 5.75 Å². The maximum absolute atomic E-state index is 12.3. The zero-order valence-electron chi connectivity index (χ0n) is 20.3. The predicted molar refractivity (Wildman–Crippen MR) is 148 cm³/mol. The molecule has 0 saturated carbocycles. The third kappa shape index (κ3) is 4.89. The van der Waals surface area contributed by atoms with Gasteiger partial charge in [-0.25, -0.2) is 9.97 Å². The number of hydrogen-bond acceptors (Lipinski definition) is 8. The maximum Gasteiger partial charge on any atom is 0.247 e. The van der Waals surface area contributed by atoms with Crippen molar-refractivity contribution in [1.29, 1.82) is 0 Å². The number of piperazine rings is 1. The molecule has 0 bridgehead atoms.